The highest BCUT2D eigenvalue weighted by Crippen LogP contribution is 2.23. The zero-order valence-corrected chi connectivity index (χ0v) is 8.73. The van der Waals surface area contributed by atoms with Gasteiger partial charge in [0.15, 0.2) is 0 Å². The fourth-order valence-corrected chi connectivity index (χ4v) is 1.30. The van der Waals surface area contributed by atoms with Gasteiger partial charge >= 0.3 is 0 Å². The maximum atomic E-state index is 5.97. The van der Waals surface area contributed by atoms with Crippen LogP contribution < -0.4 is 0 Å². The molecule has 2 unspecified atom stereocenters. The van der Waals surface area contributed by atoms with Gasteiger partial charge in [-0.15, -0.1) is 11.6 Å². The van der Waals surface area contributed by atoms with Crippen molar-refractivity contribution in [2.24, 2.45) is 0 Å². The second-order valence-electron chi connectivity index (χ2n) is 3.02. The largest absolute Gasteiger partial charge is 0.123 e. The Morgan fingerprint density at radius 3 is 2.00 bits per heavy atom. The highest BCUT2D eigenvalue weighted by molar-refractivity contribution is 6.30. The Hall–Kier alpha value is -0.200. The van der Waals surface area contributed by atoms with E-state index in [4.69, 9.17) is 23.2 Å². The lowest BCUT2D eigenvalue weighted by Crippen LogP contribution is -2.04. The minimum Gasteiger partial charge on any atom is -0.123 e. The molecule has 66 valence electrons. The third-order valence-electron chi connectivity index (χ3n) is 2.08. The molecule has 0 aliphatic rings. The monoisotopic (exact) mass is 202 g/mol. The van der Waals surface area contributed by atoms with Crippen LogP contribution in [0.3, 0.4) is 0 Å². The van der Waals surface area contributed by atoms with Crippen molar-refractivity contribution >= 4 is 23.2 Å². The highest BCUT2D eigenvalue weighted by atomic mass is 35.5. The van der Waals surface area contributed by atoms with Crippen LogP contribution in [0.15, 0.2) is 24.3 Å². The topological polar surface area (TPSA) is 0 Å². The fourth-order valence-electron chi connectivity index (χ4n) is 1.03. The van der Waals surface area contributed by atoms with Gasteiger partial charge in [-0.3, -0.25) is 0 Å². The summed E-state index contributed by atoms with van der Waals surface area (Å²) in [5.41, 5.74) is 1.24. The Balaban J connectivity index is 2.82. The predicted molar refractivity (Wildman–Crippen MR) is 55.2 cm³/mol. The van der Waals surface area contributed by atoms with Crippen molar-refractivity contribution in [2.45, 2.75) is 25.1 Å². The van der Waals surface area contributed by atoms with E-state index in [1.807, 2.05) is 31.2 Å². The van der Waals surface area contributed by atoms with Gasteiger partial charge in [-0.25, -0.2) is 0 Å². The van der Waals surface area contributed by atoms with Crippen molar-refractivity contribution in [3.63, 3.8) is 0 Å². The summed E-state index contributed by atoms with van der Waals surface area (Å²) in [5.74, 6) is 0.379. The van der Waals surface area contributed by atoms with Gasteiger partial charge in [0, 0.05) is 10.4 Å². The van der Waals surface area contributed by atoms with Gasteiger partial charge in [-0.1, -0.05) is 30.7 Å². The van der Waals surface area contributed by atoms with Crippen LogP contribution in [0.5, 0.6) is 0 Å². The number of hydrogen-bond acceptors (Lipinski definition) is 0. The summed E-state index contributed by atoms with van der Waals surface area (Å²) < 4.78 is 0. The first-order valence-corrected chi connectivity index (χ1v) is 4.82. The Bertz CT molecular complexity index is 239. The van der Waals surface area contributed by atoms with E-state index in [9.17, 15) is 0 Å². The maximum Gasteiger partial charge on any atom is 0.0406 e. The van der Waals surface area contributed by atoms with E-state index in [1.165, 1.54) is 5.56 Å². The van der Waals surface area contributed by atoms with Crippen LogP contribution in [-0.2, 0) is 0 Å². The van der Waals surface area contributed by atoms with Gasteiger partial charge in [-0.2, -0.15) is 0 Å². The van der Waals surface area contributed by atoms with Crippen molar-refractivity contribution in [1.29, 1.82) is 0 Å². The number of benzene rings is 1. The van der Waals surface area contributed by atoms with Crippen molar-refractivity contribution in [3.8, 4) is 0 Å². The first kappa shape index (κ1) is 9.88. The lowest BCUT2D eigenvalue weighted by atomic mass is 9.99. The normalized spacial score (nSPS) is 15.7. The number of hydrogen-bond donors (Lipinski definition) is 0. The first-order valence-electron chi connectivity index (χ1n) is 4.01. The molecule has 1 aromatic rings. The minimum atomic E-state index is 0.158. The van der Waals surface area contributed by atoms with E-state index < -0.39 is 0 Å². The molecular weight excluding hydrogens is 191 g/mol. The summed E-state index contributed by atoms with van der Waals surface area (Å²) in [5, 5.41) is 0.930. The average Bonchev–Trinajstić information content (AvgIpc) is 2.04. The first-order chi connectivity index (χ1) is 5.61. The van der Waals surface area contributed by atoms with Crippen LogP contribution in [0.1, 0.15) is 25.3 Å². The molecule has 0 aliphatic carbocycles. The predicted octanol–water partition coefficient (Wildman–Crippen LogP) is 4.07. The van der Waals surface area contributed by atoms with E-state index in [0.29, 0.717) is 5.92 Å². The SMILES string of the molecule is CC(Cl)C(C)c1ccc(Cl)cc1. The average molecular weight is 203 g/mol. The molecule has 0 heterocycles. The zero-order chi connectivity index (χ0) is 9.14. The molecule has 0 amide bonds. The molecule has 0 fully saturated rings. The summed E-state index contributed by atoms with van der Waals surface area (Å²) in [6.45, 7) is 4.11. The third-order valence-corrected chi connectivity index (χ3v) is 2.71. The molecule has 0 aliphatic heterocycles. The van der Waals surface area contributed by atoms with Gasteiger partial charge in [0.05, 0.1) is 0 Å². The molecule has 0 radical (unpaired) electrons. The van der Waals surface area contributed by atoms with E-state index in [2.05, 4.69) is 6.92 Å². The molecule has 1 aromatic carbocycles. The Kier molecular flexibility index (Phi) is 3.42. The Morgan fingerprint density at radius 1 is 1.08 bits per heavy atom. The standard InChI is InChI=1S/C10H12Cl2/c1-7(8(2)11)9-3-5-10(12)6-4-9/h3-8H,1-2H3. The van der Waals surface area contributed by atoms with E-state index >= 15 is 0 Å². The number of halogens is 2. The maximum absolute atomic E-state index is 5.97. The summed E-state index contributed by atoms with van der Waals surface area (Å²) >= 11 is 11.7. The fraction of sp³-hybridized carbons (Fsp3) is 0.400. The van der Waals surface area contributed by atoms with E-state index in [1.54, 1.807) is 0 Å². The quantitative estimate of drug-likeness (QED) is 0.635. The molecule has 0 nitrogen and oxygen atoms in total. The van der Waals surface area contributed by atoms with Gasteiger partial charge in [0.2, 0.25) is 0 Å². The van der Waals surface area contributed by atoms with Crippen molar-refractivity contribution in [2.75, 3.05) is 0 Å². The molecular formula is C10H12Cl2. The molecule has 0 saturated carbocycles. The smallest absolute Gasteiger partial charge is 0.0406 e. The zero-order valence-electron chi connectivity index (χ0n) is 7.22. The second kappa shape index (κ2) is 4.15. The Morgan fingerprint density at radius 2 is 1.58 bits per heavy atom. The van der Waals surface area contributed by atoms with Crippen LogP contribution in [0, 0.1) is 0 Å². The summed E-state index contributed by atoms with van der Waals surface area (Å²) in [7, 11) is 0. The molecule has 0 spiro atoms. The molecule has 0 aromatic heterocycles. The molecule has 0 saturated heterocycles. The number of alkyl halides is 1. The molecule has 2 atom stereocenters. The molecule has 0 bridgehead atoms. The Labute approximate surface area is 83.5 Å². The van der Waals surface area contributed by atoms with Crippen LogP contribution in [-0.4, -0.2) is 5.38 Å². The van der Waals surface area contributed by atoms with E-state index in [-0.39, 0.29) is 5.38 Å². The van der Waals surface area contributed by atoms with Crippen molar-refractivity contribution < 1.29 is 0 Å². The third kappa shape index (κ3) is 2.40. The van der Waals surface area contributed by atoms with Gasteiger partial charge < -0.3 is 0 Å². The van der Waals surface area contributed by atoms with Crippen LogP contribution >= 0.6 is 23.2 Å². The van der Waals surface area contributed by atoms with Crippen LogP contribution in [0.2, 0.25) is 5.02 Å². The van der Waals surface area contributed by atoms with Crippen LogP contribution in [0.25, 0.3) is 0 Å². The lowest BCUT2D eigenvalue weighted by Gasteiger charge is -2.13. The molecule has 1 rings (SSSR count). The van der Waals surface area contributed by atoms with Crippen LogP contribution in [0.4, 0.5) is 0 Å². The van der Waals surface area contributed by atoms with Gasteiger partial charge in [-0.05, 0) is 30.5 Å². The minimum absolute atomic E-state index is 0.158. The number of rotatable bonds is 2. The summed E-state index contributed by atoms with van der Waals surface area (Å²) in [6, 6.07) is 7.83. The van der Waals surface area contributed by atoms with Crippen molar-refractivity contribution in [1.82, 2.24) is 0 Å². The second-order valence-corrected chi connectivity index (χ2v) is 4.14. The summed E-state index contributed by atoms with van der Waals surface area (Å²) in [4.78, 5) is 0. The van der Waals surface area contributed by atoms with Crippen molar-refractivity contribution in [3.05, 3.63) is 34.9 Å². The molecule has 0 N–H and O–H groups in total. The van der Waals surface area contributed by atoms with Gasteiger partial charge in [0.1, 0.15) is 0 Å². The van der Waals surface area contributed by atoms with Gasteiger partial charge in [0.25, 0.3) is 0 Å². The highest BCUT2D eigenvalue weighted by Gasteiger charge is 2.10. The lowest BCUT2D eigenvalue weighted by molar-refractivity contribution is 0.742. The van der Waals surface area contributed by atoms with E-state index in [0.717, 1.165) is 5.02 Å². The molecule has 12 heavy (non-hydrogen) atoms. The summed E-state index contributed by atoms with van der Waals surface area (Å²) in [6.07, 6.45) is 0. The molecule has 2 heteroatoms.